The summed E-state index contributed by atoms with van der Waals surface area (Å²) in [7, 11) is 0. The molecule has 1 aliphatic carbocycles. The normalized spacial score (nSPS) is 17.5. The highest BCUT2D eigenvalue weighted by atomic mass is 14.1. The molecule has 0 heteroatoms. The molecule has 0 N–H and O–H groups in total. The molecule has 0 amide bonds. The van der Waals surface area contributed by atoms with E-state index < -0.39 is 0 Å². The van der Waals surface area contributed by atoms with Crippen LogP contribution in [0, 0.1) is 6.08 Å². The van der Waals surface area contributed by atoms with Crippen molar-refractivity contribution in [2.24, 2.45) is 0 Å². The molecule has 1 aliphatic rings. The average Bonchev–Trinajstić information content (AvgIpc) is 2.41. The van der Waals surface area contributed by atoms with Gasteiger partial charge in [0.05, 0.1) is 0 Å². The van der Waals surface area contributed by atoms with Crippen LogP contribution in [0.15, 0.2) is 5.57 Å². The van der Waals surface area contributed by atoms with Gasteiger partial charge in [-0.1, -0.05) is 25.3 Å². The summed E-state index contributed by atoms with van der Waals surface area (Å²) in [4.78, 5) is 0. The number of rotatable bonds is 4. The minimum Gasteiger partial charge on any atom is -0.0667 e. The van der Waals surface area contributed by atoms with Gasteiger partial charge in [0.15, 0.2) is 0 Å². The third-order valence-corrected chi connectivity index (χ3v) is 2.11. The zero-order valence-corrected chi connectivity index (χ0v) is 6.95. The van der Waals surface area contributed by atoms with Crippen LogP contribution in [0.2, 0.25) is 0 Å². The SMILES string of the molecule is CCCCCC1=[C]CCC1. The molecule has 0 saturated carbocycles. The fourth-order valence-electron chi connectivity index (χ4n) is 1.46. The van der Waals surface area contributed by atoms with Crippen molar-refractivity contribution < 1.29 is 0 Å². The monoisotopic (exact) mass is 137 g/mol. The van der Waals surface area contributed by atoms with E-state index >= 15 is 0 Å². The van der Waals surface area contributed by atoms with Crippen LogP contribution < -0.4 is 0 Å². The first kappa shape index (κ1) is 7.84. The summed E-state index contributed by atoms with van der Waals surface area (Å²) in [5.74, 6) is 0. The molecule has 0 aromatic carbocycles. The lowest BCUT2D eigenvalue weighted by atomic mass is 10.1. The Hall–Kier alpha value is -0.260. The molecule has 10 heavy (non-hydrogen) atoms. The van der Waals surface area contributed by atoms with E-state index in [4.69, 9.17) is 0 Å². The highest BCUT2D eigenvalue weighted by Gasteiger charge is 2.03. The molecule has 1 rings (SSSR count). The van der Waals surface area contributed by atoms with Gasteiger partial charge in [-0.05, 0) is 38.2 Å². The number of allylic oxidation sites excluding steroid dienone is 2. The number of unbranched alkanes of at least 4 members (excludes halogenated alkanes) is 2. The first-order valence-corrected chi connectivity index (χ1v) is 4.52. The highest BCUT2D eigenvalue weighted by molar-refractivity contribution is 5.01. The van der Waals surface area contributed by atoms with E-state index in [-0.39, 0.29) is 0 Å². The Morgan fingerprint density at radius 3 is 2.90 bits per heavy atom. The van der Waals surface area contributed by atoms with Crippen molar-refractivity contribution in [3.05, 3.63) is 11.6 Å². The smallest absolute Gasteiger partial charge is 0.0274 e. The Morgan fingerprint density at radius 1 is 1.40 bits per heavy atom. The molecule has 0 fully saturated rings. The van der Waals surface area contributed by atoms with Crippen LogP contribution in [-0.2, 0) is 0 Å². The topological polar surface area (TPSA) is 0 Å². The highest BCUT2D eigenvalue weighted by Crippen LogP contribution is 2.21. The summed E-state index contributed by atoms with van der Waals surface area (Å²) in [5.41, 5.74) is 1.61. The molecule has 57 valence electrons. The van der Waals surface area contributed by atoms with Crippen LogP contribution in [0.5, 0.6) is 0 Å². The Bertz CT molecular complexity index is 111. The van der Waals surface area contributed by atoms with Gasteiger partial charge in [0.2, 0.25) is 0 Å². The maximum atomic E-state index is 3.43. The Morgan fingerprint density at radius 2 is 2.30 bits per heavy atom. The van der Waals surface area contributed by atoms with E-state index in [0.29, 0.717) is 0 Å². The maximum Gasteiger partial charge on any atom is -0.0274 e. The van der Waals surface area contributed by atoms with Gasteiger partial charge in [0.25, 0.3) is 0 Å². The molecular weight excluding hydrogens is 120 g/mol. The molecule has 0 bridgehead atoms. The first-order chi connectivity index (χ1) is 4.93. The summed E-state index contributed by atoms with van der Waals surface area (Å²) >= 11 is 0. The lowest BCUT2D eigenvalue weighted by Crippen LogP contribution is -1.79. The summed E-state index contributed by atoms with van der Waals surface area (Å²) in [6.45, 7) is 2.26. The lowest BCUT2D eigenvalue weighted by molar-refractivity contribution is 0.700. The Balaban J connectivity index is 2.01. The van der Waals surface area contributed by atoms with Gasteiger partial charge >= 0.3 is 0 Å². The molecule has 0 aliphatic heterocycles. The molecule has 0 aromatic rings. The van der Waals surface area contributed by atoms with E-state index in [2.05, 4.69) is 13.0 Å². The number of hydrogen-bond acceptors (Lipinski definition) is 0. The quantitative estimate of drug-likeness (QED) is 0.520. The number of hydrogen-bond donors (Lipinski definition) is 0. The van der Waals surface area contributed by atoms with Crippen molar-refractivity contribution >= 4 is 0 Å². The Labute approximate surface area is 64.3 Å². The van der Waals surface area contributed by atoms with E-state index in [9.17, 15) is 0 Å². The Kier molecular flexibility index (Phi) is 3.56. The van der Waals surface area contributed by atoms with Crippen LogP contribution >= 0.6 is 0 Å². The molecule has 0 unspecified atom stereocenters. The van der Waals surface area contributed by atoms with Crippen molar-refractivity contribution in [2.45, 2.75) is 51.9 Å². The molecule has 0 heterocycles. The second-order valence-corrected chi connectivity index (χ2v) is 3.09. The van der Waals surface area contributed by atoms with Gasteiger partial charge in [-0.15, -0.1) is 0 Å². The first-order valence-electron chi connectivity index (χ1n) is 4.52. The zero-order chi connectivity index (χ0) is 7.23. The third kappa shape index (κ3) is 2.55. The zero-order valence-electron chi connectivity index (χ0n) is 6.95. The van der Waals surface area contributed by atoms with Gasteiger partial charge in [0.1, 0.15) is 0 Å². The molecule has 0 spiro atoms. The minimum atomic E-state index is 1.22. The van der Waals surface area contributed by atoms with E-state index in [1.54, 1.807) is 5.57 Å². The summed E-state index contributed by atoms with van der Waals surface area (Å²) < 4.78 is 0. The molecule has 0 atom stereocenters. The van der Waals surface area contributed by atoms with Crippen molar-refractivity contribution in [3.8, 4) is 0 Å². The van der Waals surface area contributed by atoms with E-state index in [0.717, 1.165) is 0 Å². The van der Waals surface area contributed by atoms with Crippen LogP contribution in [-0.4, -0.2) is 0 Å². The van der Waals surface area contributed by atoms with Crippen molar-refractivity contribution in [1.29, 1.82) is 0 Å². The largest absolute Gasteiger partial charge is 0.0667 e. The molecule has 0 nitrogen and oxygen atoms in total. The van der Waals surface area contributed by atoms with Crippen LogP contribution in [0.4, 0.5) is 0 Å². The summed E-state index contributed by atoms with van der Waals surface area (Å²) in [6, 6.07) is 0. The predicted molar refractivity (Wildman–Crippen MR) is 44.7 cm³/mol. The van der Waals surface area contributed by atoms with Crippen LogP contribution in [0.1, 0.15) is 51.9 Å². The van der Waals surface area contributed by atoms with Crippen LogP contribution in [0.3, 0.4) is 0 Å². The second kappa shape index (κ2) is 4.54. The summed E-state index contributed by atoms with van der Waals surface area (Å²) in [5, 5.41) is 0. The summed E-state index contributed by atoms with van der Waals surface area (Å²) in [6.07, 6.45) is 12.8. The fraction of sp³-hybridized carbons (Fsp3) is 0.800. The maximum absolute atomic E-state index is 3.43. The van der Waals surface area contributed by atoms with Gasteiger partial charge in [-0.3, -0.25) is 0 Å². The van der Waals surface area contributed by atoms with Crippen molar-refractivity contribution in [2.75, 3.05) is 0 Å². The van der Waals surface area contributed by atoms with Gasteiger partial charge < -0.3 is 0 Å². The van der Waals surface area contributed by atoms with Gasteiger partial charge in [0, 0.05) is 0 Å². The van der Waals surface area contributed by atoms with Gasteiger partial charge in [-0.25, -0.2) is 0 Å². The van der Waals surface area contributed by atoms with Gasteiger partial charge in [-0.2, -0.15) is 0 Å². The van der Waals surface area contributed by atoms with E-state index in [1.807, 2.05) is 0 Å². The average molecular weight is 137 g/mol. The molecular formula is C10H17. The van der Waals surface area contributed by atoms with Crippen molar-refractivity contribution in [3.63, 3.8) is 0 Å². The fourth-order valence-corrected chi connectivity index (χ4v) is 1.46. The predicted octanol–water partition coefficient (Wildman–Crippen LogP) is 3.48. The second-order valence-electron chi connectivity index (χ2n) is 3.09. The van der Waals surface area contributed by atoms with Crippen molar-refractivity contribution in [1.82, 2.24) is 0 Å². The minimum absolute atomic E-state index is 1.22. The molecule has 1 radical (unpaired) electrons. The standard InChI is InChI=1S/C10H17/c1-2-3-4-7-10-8-5-6-9-10/h2-8H2,1H3. The van der Waals surface area contributed by atoms with E-state index in [1.165, 1.54) is 44.9 Å². The molecule has 0 aromatic heterocycles. The third-order valence-electron chi connectivity index (χ3n) is 2.11. The molecule has 0 saturated heterocycles. The lowest BCUT2D eigenvalue weighted by Gasteiger charge is -1.98. The van der Waals surface area contributed by atoms with Crippen LogP contribution in [0.25, 0.3) is 0 Å².